The Bertz CT molecular complexity index is 567. The molecule has 0 aromatic carbocycles. The number of anilines is 1. The molecule has 8 heteroatoms. The third-order valence-electron chi connectivity index (χ3n) is 4.10. The Morgan fingerprint density at radius 2 is 2.14 bits per heavy atom. The molecule has 0 aliphatic carbocycles. The van der Waals surface area contributed by atoms with Gasteiger partial charge in [0, 0.05) is 24.7 Å². The van der Waals surface area contributed by atoms with Gasteiger partial charge in [-0.3, -0.25) is 14.9 Å². The van der Waals surface area contributed by atoms with Crippen LogP contribution < -0.4 is 16.0 Å². The zero-order chi connectivity index (χ0) is 15.6. The highest BCUT2D eigenvalue weighted by Gasteiger charge is 2.30. The Hall–Kier alpha value is -2.22. The van der Waals surface area contributed by atoms with Gasteiger partial charge in [-0.15, -0.1) is 0 Å². The lowest BCUT2D eigenvalue weighted by Crippen LogP contribution is -2.50. The molecule has 0 bridgehead atoms. The summed E-state index contributed by atoms with van der Waals surface area (Å²) in [6.07, 6.45) is 2.94. The number of nitrogens with two attached hydrogens (primary N) is 1. The van der Waals surface area contributed by atoms with Gasteiger partial charge in [0.15, 0.2) is 0 Å². The molecule has 2 heterocycles. The van der Waals surface area contributed by atoms with E-state index in [1.807, 2.05) is 11.9 Å². The van der Waals surface area contributed by atoms with E-state index in [0.717, 1.165) is 19.0 Å². The van der Waals surface area contributed by atoms with Crippen molar-refractivity contribution in [3.8, 4) is 0 Å². The van der Waals surface area contributed by atoms with E-state index < -0.39 is 10.8 Å². The van der Waals surface area contributed by atoms with E-state index in [4.69, 9.17) is 5.73 Å². The minimum atomic E-state index is -0.705. The molecule has 0 spiro atoms. The standard InChI is InChI=1S/C13H19N5O3/c1-13(15-2)3-5-17(6-4-13)12-10(11(14)19)7-9(8-16-12)18(20)21/h7-8,15H,3-6H2,1-2H3,(H2,14,19). The maximum absolute atomic E-state index is 11.5. The van der Waals surface area contributed by atoms with Crippen molar-refractivity contribution in [2.75, 3.05) is 25.0 Å². The van der Waals surface area contributed by atoms with Crippen LogP contribution in [0.2, 0.25) is 0 Å². The highest BCUT2D eigenvalue weighted by molar-refractivity contribution is 5.98. The second kappa shape index (κ2) is 5.65. The number of aromatic nitrogens is 1. The summed E-state index contributed by atoms with van der Waals surface area (Å²) in [4.78, 5) is 27.8. The van der Waals surface area contributed by atoms with Crippen molar-refractivity contribution in [2.45, 2.75) is 25.3 Å². The van der Waals surface area contributed by atoms with Gasteiger partial charge >= 0.3 is 0 Å². The lowest BCUT2D eigenvalue weighted by molar-refractivity contribution is -0.385. The molecule has 1 aromatic heterocycles. The average Bonchev–Trinajstić information content (AvgIpc) is 2.47. The second-order valence-electron chi connectivity index (χ2n) is 5.48. The molecule has 0 atom stereocenters. The zero-order valence-corrected chi connectivity index (χ0v) is 12.1. The second-order valence-corrected chi connectivity index (χ2v) is 5.48. The fraction of sp³-hybridized carbons (Fsp3) is 0.538. The minimum absolute atomic E-state index is 0.0597. The Morgan fingerprint density at radius 1 is 1.52 bits per heavy atom. The Balaban J connectivity index is 2.28. The summed E-state index contributed by atoms with van der Waals surface area (Å²) >= 11 is 0. The van der Waals surface area contributed by atoms with E-state index in [2.05, 4.69) is 17.2 Å². The first kappa shape index (κ1) is 15.2. The molecule has 1 saturated heterocycles. The third-order valence-corrected chi connectivity index (χ3v) is 4.10. The van der Waals surface area contributed by atoms with Crippen LogP contribution in [0, 0.1) is 10.1 Å². The van der Waals surface area contributed by atoms with Gasteiger partial charge in [-0.25, -0.2) is 4.98 Å². The van der Waals surface area contributed by atoms with Crippen LogP contribution >= 0.6 is 0 Å². The highest BCUT2D eigenvalue weighted by Crippen LogP contribution is 2.28. The van der Waals surface area contributed by atoms with Gasteiger partial charge in [0.1, 0.15) is 12.0 Å². The fourth-order valence-electron chi connectivity index (χ4n) is 2.44. The molecule has 1 aromatic rings. The number of nitrogens with zero attached hydrogens (tertiary/aromatic N) is 3. The molecule has 0 saturated carbocycles. The summed E-state index contributed by atoms with van der Waals surface area (Å²) in [6.45, 7) is 3.56. The third kappa shape index (κ3) is 3.10. The quantitative estimate of drug-likeness (QED) is 0.622. The molecule has 1 aliphatic heterocycles. The minimum Gasteiger partial charge on any atom is -0.365 e. The first-order chi connectivity index (χ1) is 9.86. The summed E-state index contributed by atoms with van der Waals surface area (Å²) < 4.78 is 0. The molecule has 0 radical (unpaired) electrons. The zero-order valence-electron chi connectivity index (χ0n) is 12.1. The van der Waals surface area contributed by atoms with Gasteiger partial charge in [0.25, 0.3) is 11.6 Å². The molecule has 21 heavy (non-hydrogen) atoms. The molecular weight excluding hydrogens is 274 g/mol. The summed E-state index contributed by atoms with van der Waals surface area (Å²) in [5.74, 6) is -0.283. The van der Waals surface area contributed by atoms with Crippen molar-refractivity contribution in [3.63, 3.8) is 0 Å². The van der Waals surface area contributed by atoms with Crippen LogP contribution in [-0.2, 0) is 0 Å². The van der Waals surface area contributed by atoms with Gasteiger partial charge in [0.05, 0.1) is 10.5 Å². The van der Waals surface area contributed by atoms with Crippen molar-refractivity contribution in [3.05, 3.63) is 27.9 Å². The van der Waals surface area contributed by atoms with E-state index in [-0.39, 0.29) is 16.8 Å². The molecule has 1 amide bonds. The Kier molecular flexibility index (Phi) is 4.08. The van der Waals surface area contributed by atoms with Crippen LogP contribution in [0.5, 0.6) is 0 Å². The topological polar surface area (TPSA) is 114 Å². The molecule has 2 rings (SSSR count). The predicted octanol–water partition coefficient (Wildman–Crippen LogP) is 0.667. The maximum Gasteiger partial charge on any atom is 0.288 e. The first-order valence-electron chi connectivity index (χ1n) is 6.74. The number of carbonyl (C=O) groups is 1. The molecule has 0 unspecified atom stereocenters. The van der Waals surface area contributed by atoms with E-state index in [1.165, 1.54) is 6.07 Å². The predicted molar refractivity (Wildman–Crippen MR) is 78.3 cm³/mol. The largest absolute Gasteiger partial charge is 0.365 e. The normalized spacial score (nSPS) is 17.5. The summed E-state index contributed by atoms with van der Waals surface area (Å²) in [6, 6.07) is 1.19. The maximum atomic E-state index is 11.5. The number of primary amides is 1. The molecule has 3 N–H and O–H groups in total. The lowest BCUT2D eigenvalue weighted by atomic mass is 9.90. The van der Waals surface area contributed by atoms with E-state index in [1.54, 1.807) is 0 Å². The number of rotatable bonds is 4. The van der Waals surface area contributed by atoms with Gasteiger partial charge in [-0.1, -0.05) is 0 Å². The Morgan fingerprint density at radius 3 is 2.62 bits per heavy atom. The van der Waals surface area contributed by atoms with Crippen LogP contribution in [0.3, 0.4) is 0 Å². The summed E-state index contributed by atoms with van der Waals surface area (Å²) in [7, 11) is 1.93. The van der Waals surface area contributed by atoms with Gasteiger partial charge in [0.2, 0.25) is 0 Å². The average molecular weight is 293 g/mol. The summed E-state index contributed by atoms with van der Waals surface area (Å²) in [5.41, 5.74) is 5.25. The van der Waals surface area contributed by atoms with E-state index >= 15 is 0 Å². The number of hydrogen-bond donors (Lipinski definition) is 2. The number of carbonyl (C=O) groups excluding carboxylic acids is 1. The molecule has 8 nitrogen and oxygen atoms in total. The fourth-order valence-corrected chi connectivity index (χ4v) is 2.44. The van der Waals surface area contributed by atoms with Crippen molar-refractivity contribution >= 4 is 17.4 Å². The van der Waals surface area contributed by atoms with Crippen molar-refractivity contribution in [1.29, 1.82) is 0 Å². The number of piperidine rings is 1. The highest BCUT2D eigenvalue weighted by atomic mass is 16.6. The van der Waals surface area contributed by atoms with Crippen molar-refractivity contribution in [2.24, 2.45) is 5.73 Å². The molecule has 1 fully saturated rings. The summed E-state index contributed by atoms with van der Waals surface area (Å²) in [5, 5.41) is 14.1. The van der Waals surface area contributed by atoms with Crippen LogP contribution in [0.25, 0.3) is 0 Å². The van der Waals surface area contributed by atoms with Gasteiger partial charge < -0.3 is 16.0 Å². The SMILES string of the molecule is CNC1(C)CCN(c2ncc([N+](=O)[O-])cc2C(N)=O)CC1. The number of pyridine rings is 1. The van der Waals surface area contributed by atoms with E-state index in [0.29, 0.717) is 18.9 Å². The Labute approximate surface area is 122 Å². The smallest absolute Gasteiger partial charge is 0.288 e. The number of amides is 1. The molecular formula is C13H19N5O3. The lowest BCUT2D eigenvalue weighted by Gasteiger charge is -2.40. The monoisotopic (exact) mass is 293 g/mol. The first-order valence-corrected chi connectivity index (χ1v) is 6.74. The number of nitro groups is 1. The van der Waals surface area contributed by atoms with Gasteiger partial charge in [-0.2, -0.15) is 0 Å². The molecule has 114 valence electrons. The van der Waals surface area contributed by atoms with Gasteiger partial charge in [-0.05, 0) is 26.8 Å². The van der Waals surface area contributed by atoms with E-state index in [9.17, 15) is 14.9 Å². The van der Waals surface area contributed by atoms with Crippen LogP contribution in [0.1, 0.15) is 30.1 Å². The molecule has 1 aliphatic rings. The van der Waals surface area contributed by atoms with Crippen LogP contribution in [0.4, 0.5) is 11.5 Å². The number of hydrogen-bond acceptors (Lipinski definition) is 6. The van der Waals surface area contributed by atoms with Crippen molar-refractivity contribution in [1.82, 2.24) is 10.3 Å². The number of nitrogens with one attached hydrogen (secondary N) is 1. The van der Waals surface area contributed by atoms with Crippen molar-refractivity contribution < 1.29 is 9.72 Å². The van der Waals surface area contributed by atoms with Crippen LogP contribution in [-0.4, -0.2) is 41.5 Å². The van der Waals surface area contributed by atoms with Crippen LogP contribution in [0.15, 0.2) is 12.3 Å².